The molecule has 1 aromatic carbocycles. The van der Waals surface area contributed by atoms with E-state index < -0.39 is 10.0 Å². The van der Waals surface area contributed by atoms with Crippen LogP contribution in [0.5, 0.6) is 0 Å². The van der Waals surface area contributed by atoms with Crippen LogP contribution in [0.3, 0.4) is 0 Å². The van der Waals surface area contributed by atoms with Crippen LogP contribution in [0.1, 0.15) is 23.6 Å². The van der Waals surface area contributed by atoms with Crippen LogP contribution in [0.25, 0.3) is 0 Å². The van der Waals surface area contributed by atoms with Crippen molar-refractivity contribution in [1.29, 1.82) is 0 Å². The molecule has 0 spiro atoms. The van der Waals surface area contributed by atoms with Crippen molar-refractivity contribution >= 4 is 21.6 Å². The number of fused-ring (bicyclic) bond motifs is 1. The number of aryl methyl sites for hydroxylation is 1. The number of anilines is 1. The molecule has 6 nitrogen and oxygen atoms in total. The lowest BCUT2D eigenvalue weighted by atomic mass is 9.99. The van der Waals surface area contributed by atoms with Gasteiger partial charge in [0.1, 0.15) is 0 Å². The van der Waals surface area contributed by atoms with Gasteiger partial charge >= 0.3 is 0 Å². The summed E-state index contributed by atoms with van der Waals surface area (Å²) in [5, 5.41) is 2.77. The summed E-state index contributed by atoms with van der Waals surface area (Å²) in [5.41, 5.74) is 2.51. The highest BCUT2D eigenvalue weighted by atomic mass is 32.2. The van der Waals surface area contributed by atoms with E-state index in [-0.39, 0.29) is 16.7 Å². The van der Waals surface area contributed by atoms with E-state index in [4.69, 9.17) is 0 Å². The summed E-state index contributed by atoms with van der Waals surface area (Å²) in [4.78, 5) is 16.0. The van der Waals surface area contributed by atoms with E-state index in [2.05, 4.69) is 10.3 Å². The van der Waals surface area contributed by atoms with Crippen LogP contribution in [0.2, 0.25) is 0 Å². The quantitative estimate of drug-likeness (QED) is 0.921. The molecule has 0 saturated carbocycles. The van der Waals surface area contributed by atoms with Gasteiger partial charge in [-0.15, -0.1) is 0 Å². The fourth-order valence-electron chi connectivity index (χ4n) is 3.11. The largest absolute Gasteiger partial charge is 0.326 e. The first kappa shape index (κ1) is 15.3. The Labute approximate surface area is 140 Å². The number of carbonyl (C=O) groups is 1. The van der Waals surface area contributed by atoms with Crippen LogP contribution in [0, 0.1) is 0 Å². The lowest BCUT2D eigenvalue weighted by molar-refractivity contribution is -0.116. The fourth-order valence-corrected chi connectivity index (χ4v) is 4.69. The van der Waals surface area contributed by atoms with Crippen LogP contribution in [-0.4, -0.2) is 36.7 Å². The predicted octanol–water partition coefficient (Wildman–Crippen LogP) is 1.75. The van der Waals surface area contributed by atoms with E-state index in [0.29, 0.717) is 31.6 Å². The number of benzene rings is 1. The van der Waals surface area contributed by atoms with Gasteiger partial charge in [-0.05, 0) is 42.3 Å². The Kier molecular flexibility index (Phi) is 3.62. The lowest BCUT2D eigenvalue weighted by Crippen LogP contribution is -2.48. The molecule has 2 aliphatic heterocycles. The first-order chi connectivity index (χ1) is 11.5. The summed E-state index contributed by atoms with van der Waals surface area (Å²) < 4.78 is 27.0. The molecule has 1 amide bonds. The van der Waals surface area contributed by atoms with Crippen molar-refractivity contribution in [3.63, 3.8) is 0 Å². The second-order valence-electron chi connectivity index (χ2n) is 6.14. The molecule has 0 unspecified atom stereocenters. The molecular formula is C17H17N3O3S. The number of pyridine rings is 1. The molecule has 0 bridgehead atoms. The topological polar surface area (TPSA) is 79.4 Å². The van der Waals surface area contributed by atoms with E-state index in [0.717, 1.165) is 11.3 Å². The lowest BCUT2D eigenvalue weighted by Gasteiger charge is -2.37. The summed E-state index contributed by atoms with van der Waals surface area (Å²) in [5.74, 6) is 0.122. The predicted molar refractivity (Wildman–Crippen MR) is 89.1 cm³/mol. The van der Waals surface area contributed by atoms with Gasteiger partial charge in [0, 0.05) is 43.0 Å². The van der Waals surface area contributed by atoms with Crippen LogP contribution in [0.4, 0.5) is 5.69 Å². The third-order valence-corrected chi connectivity index (χ3v) is 6.39. The fraction of sp³-hybridized carbons (Fsp3) is 0.294. The van der Waals surface area contributed by atoms with Crippen molar-refractivity contribution in [2.45, 2.75) is 23.7 Å². The minimum Gasteiger partial charge on any atom is -0.326 e. The van der Waals surface area contributed by atoms with Crippen molar-refractivity contribution in [2.75, 3.05) is 18.4 Å². The summed E-state index contributed by atoms with van der Waals surface area (Å²) >= 11 is 0. The standard InChI is InChI=1S/C17H17N3O3S/c21-17-7-4-12-9-14(5-6-16(12)19-17)24(22,23)20-10-13(11-20)15-3-1-2-8-18-15/h1-3,5-6,8-9,13H,4,7,10-11H2,(H,19,21). The van der Waals surface area contributed by atoms with E-state index in [1.807, 2.05) is 18.2 Å². The van der Waals surface area contributed by atoms with Crippen molar-refractivity contribution in [3.8, 4) is 0 Å². The van der Waals surface area contributed by atoms with Crippen LogP contribution < -0.4 is 5.32 Å². The monoisotopic (exact) mass is 343 g/mol. The van der Waals surface area contributed by atoms with Crippen LogP contribution in [-0.2, 0) is 21.2 Å². The molecule has 1 aromatic heterocycles. The Morgan fingerprint density at radius 2 is 1.96 bits per heavy atom. The third kappa shape index (κ3) is 2.59. The highest BCUT2D eigenvalue weighted by Gasteiger charge is 2.38. The van der Waals surface area contributed by atoms with Gasteiger partial charge in [0.05, 0.1) is 4.90 Å². The Morgan fingerprint density at radius 1 is 1.12 bits per heavy atom. The van der Waals surface area contributed by atoms with Gasteiger partial charge in [0.25, 0.3) is 0 Å². The molecule has 3 heterocycles. The number of sulfonamides is 1. The molecular weight excluding hydrogens is 326 g/mol. The molecule has 0 radical (unpaired) electrons. The Morgan fingerprint density at radius 3 is 2.71 bits per heavy atom. The number of amides is 1. The smallest absolute Gasteiger partial charge is 0.243 e. The molecule has 24 heavy (non-hydrogen) atoms. The highest BCUT2D eigenvalue weighted by Crippen LogP contribution is 2.33. The Bertz CT molecular complexity index is 891. The molecule has 0 atom stereocenters. The minimum atomic E-state index is -3.50. The van der Waals surface area contributed by atoms with Gasteiger partial charge in [-0.25, -0.2) is 8.42 Å². The SMILES string of the molecule is O=C1CCc2cc(S(=O)(=O)N3CC(c4ccccn4)C3)ccc2N1. The maximum Gasteiger partial charge on any atom is 0.243 e. The van der Waals surface area contributed by atoms with Crippen molar-refractivity contribution < 1.29 is 13.2 Å². The summed E-state index contributed by atoms with van der Waals surface area (Å²) in [6.45, 7) is 0.903. The molecule has 124 valence electrons. The average Bonchev–Trinajstić information content (AvgIpc) is 2.53. The van der Waals surface area contributed by atoms with Gasteiger partial charge in [0.15, 0.2) is 0 Å². The van der Waals surface area contributed by atoms with Gasteiger partial charge in [-0.1, -0.05) is 6.07 Å². The number of hydrogen-bond donors (Lipinski definition) is 1. The molecule has 2 aromatic rings. The molecule has 2 aliphatic rings. The van der Waals surface area contributed by atoms with E-state index in [9.17, 15) is 13.2 Å². The number of hydrogen-bond acceptors (Lipinski definition) is 4. The normalized spacial score (nSPS) is 18.6. The van der Waals surface area contributed by atoms with Gasteiger partial charge < -0.3 is 5.32 Å². The molecule has 1 saturated heterocycles. The summed E-state index contributed by atoms with van der Waals surface area (Å²) in [7, 11) is -3.50. The van der Waals surface area contributed by atoms with Crippen molar-refractivity contribution in [3.05, 3.63) is 53.9 Å². The number of carbonyl (C=O) groups excluding carboxylic acids is 1. The minimum absolute atomic E-state index is 0.0287. The molecule has 0 aliphatic carbocycles. The summed E-state index contributed by atoms with van der Waals surface area (Å²) in [6.07, 6.45) is 2.69. The van der Waals surface area contributed by atoms with Gasteiger partial charge in [0.2, 0.25) is 15.9 Å². The maximum atomic E-state index is 12.8. The van der Waals surface area contributed by atoms with Gasteiger partial charge in [-0.2, -0.15) is 4.31 Å². The first-order valence-corrected chi connectivity index (χ1v) is 9.32. The number of aromatic nitrogens is 1. The molecule has 1 fully saturated rings. The second-order valence-corrected chi connectivity index (χ2v) is 8.08. The van der Waals surface area contributed by atoms with E-state index in [1.54, 1.807) is 24.4 Å². The molecule has 1 N–H and O–H groups in total. The Hall–Kier alpha value is -2.25. The molecule has 4 rings (SSSR count). The van der Waals surface area contributed by atoms with E-state index in [1.165, 1.54) is 4.31 Å². The van der Waals surface area contributed by atoms with Crippen LogP contribution in [0.15, 0.2) is 47.5 Å². The van der Waals surface area contributed by atoms with Crippen LogP contribution >= 0.6 is 0 Å². The van der Waals surface area contributed by atoms with E-state index >= 15 is 0 Å². The maximum absolute atomic E-state index is 12.8. The highest BCUT2D eigenvalue weighted by molar-refractivity contribution is 7.89. The number of rotatable bonds is 3. The Balaban J connectivity index is 1.53. The third-order valence-electron chi connectivity index (χ3n) is 4.56. The second kappa shape index (κ2) is 5.68. The average molecular weight is 343 g/mol. The van der Waals surface area contributed by atoms with Gasteiger partial charge in [-0.3, -0.25) is 9.78 Å². The number of nitrogens with zero attached hydrogens (tertiary/aromatic N) is 2. The van der Waals surface area contributed by atoms with Crippen molar-refractivity contribution in [1.82, 2.24) is 9.29 Å². The first-order valence-electron chi connectivity index (χ1n) is 7.88. The zero-order chi connectivity index (χ0) is 16.7. The summed E-state index contributed by atoms with van der Waals surface area (Å²) in [6, 6.07) is 10.6. The molecule has 7 heteroatoms. The zero-order valence-corrected chi connectivity index (χ0v) is 13.8. The zero-order valence-electron chi connectivity index (χ0n) is 13.0. The number of nitrogens with one attached hydrogen (secondary N) is 1. The van der Waals surface area contributed by atoms with Crippen molar-refractivity contribution in [2.24, 2.45) is 0 Å².